The van der Waals surface area contributed by atoms with Crippen LogP contribution in [0, 0.1) is 13.8 Å². The third-order valence-corrected chi connectivity index (χ3v) is 7.07. The van der Waals surface area contributed by atoms with Crippen LogP contribution in [0.1, 0.15) is 40.1 Å². The zero-order valence-electron chi connectivity index (χ0n) is 19.0. The molecule has 0 radical (unpaired) electrons. The number of nitrogens with zero attached hydrogens (tertiary/aromatic N) is 4. The van der Waals surface area contributed by atoms with Crippen molar-refractivity contribution in [1.29, 1.82) is 0 Å². The number of benzene rings is 2. The molecule has 0 bridgehead atoms. The van der Waals surface area contributed by atoms with Crippen LogP contribution in [0.2, 0.25) is 0 Å². The predicted octanol–water partition coefficient (Wildman–Crippen LogP) is 5.07. The van der Waals surface area contributed by atoms with E-state index < -0.39 is 0 Å². The van der Waals surface area contributed by atoms with Gasteiger partial charge in [-0.05, 0) is 73.9 Å². The molecule has 0 fully saturated rings. The highest BCUT2D eigenvalue weighted by Gasteiger charge is 2.29. The summed E-state index contributed by atoms with van der Waals surface area (Å²) in [6.07, 6.45) is 4.37. The van der Waals surface area contributed by atoms with Gasteiger partial charge in [0.2, 0.25) is 0 Å². The Balaban J connectivity index is 1.55. The fourth-order valence-electron chi connectivity index (χ4n) is 5.47. The molecule has 2 aromatic heterocycles. The number of methoxy groups -OCH3 is 1. The van der Waals surface area contributed by atoms with Crippen molar-refractivity contribution < 1.29 is 4.74 Å². The molecule has 0 unspecified atom stereocenters. The molecular weight excluding hydrogens is 396 g/mol. The van der Waals surface area contributed by atoms with Gasteiger partial charge in [-0.3, -0.25) is 0 Å². The second kappa shape index (κ2) is 7.37. The summed E-state index contributed by atoms with van der Waals surface area (Å²) in [7, 11) is 1.71. The highest BCUT2D eigenvalue weighted by atomic mass is 16.5. The van der Waals surface area contributed by atoms with Crippen molar-refractivity contribution in [3.8, 4) is 16.9 Å². The molecule has 5 nitrogen and oxygen atoms in total. The third kappa shape index (κ3) is 2.91. The van der Waals surface area contributed by atoms with Crippen molar-refractivity contribution in [3.05, 3.63) is 76.1 Å². The van der Waals surface area contributed by atoms with Gasteiger partial charge in [-0.15, -0.1) is 0 Å². The minimum Gasteiger partial charge on any atom is -0.497 e. The molecular formula is C27H28N4O. The third-order valence-electron chi connectivity index (χ3n) is 7.07. The van der Waals surface area contributed by atoms with Crippen LogP contribution in [-0.4, -0.2) is 28.3 Å². The number of anilines is 1. The highest BCUT2D eigenvalue weighted by molar-refractivity contribution is 5.83. The maximum absolute atomic E-state index is 5.43. The Bertz CT molecular complexity index is 1350. The molecule has 1 aliphatic carbocycles. The summed E-state index contributed by atoms with van der Waals surface area (Å²) in [6.45, 7) is 6.18. The first kappa shape index (κ1) is 19.4. The Labute approximate surface area is 188 Å². The number of hydrogen-bond acceptors (Lipinski definition) is 4. The summed E-state index contributed by atoms with van der Waals surface area (Å²) in [4.78, 5) is 7.71. The molecule has 0 saturated carbocycles. The van der Waals surface area contributed by atoms with Gasteiger partial charge < -0.3 is 9.64 Å². The zero-order chi connectivity index (χ0) is 21.8. The summed E-state index contributed by atoms with van der Waals surface area (Å²) < 4.78 is 7.56. The molecule has 162 valence electrons. The van der Waals surface area contributed by atoms with E-state index >= 15 is 0 Å². The lowest BCUT2D eigenvalue weighted by Gasteiger charge is -2.32. The standard InChI is InChI=1S/C27H28N4O/c1-17-15-21(32-3)11-12-22(17)25-18(2)29-31-26(25)28-24-10-6-9-23(24)27(31)30-14-13-19-7-4-5-8-20(19)16-30/h4-5,7-8,11-12,15H,6,9-10,13-14,16H2,1-3H3. The van der Waals surface area contributed by atoms with Crippen molar-refractivity contribution in [2.75, 3.05) is 18.6 Å². The monoisotopic (exact) mass is 424 g/mol. The van der Waals surface area contributed by atoms with Crippen molar-refractivity contribution in [3.63, 3.8) is 0 Å². The number of fused-ring (bicyclic) bond motifs is 3. The first-order valence-corrected chi connectivity index (χ1v) is 11.5. The topological polar surface area (TPSA) is 42.7 Å². The molecule has 0 amide bonds. The molecule has 32 heavy (non-hydrogen) atoms. The summed E-state index contributed by atoms with van der Waals surface area (Å²) in [6, 6.07) is 15.1. The molecule has 1 aliphatic heterocycles. The van der Waals surface area contributed by atoms with Gasteiger partial charge in [0.15, 0.2) is 5.65 Å². The summed E-state index contributed by atoms with van der Waals surface area (Å²) in [5.74, 6) is 2.12. The fraction of sp³-hybridized carbons (Fsp3) is 0.333. The lowest BCUT2D eigenvalue weighted by atomic mass is 9.99. The average molecular weight is 425 g/mol. The van der Waals surface area contributed by atoms with Crippen molar-refractivity contribution in [2.24, 2.45) is 0 Å². The van der Waals surface area contributed by atoms with Crippen molar-refractivity contribution in [2.45, 2.75) is 46.1 Å². The molecule has 6 rings (SSSR count). The summed E-state index contributed by atoms with van der Waals surface area (Å²) in [5.41, 5.74) is 11.0. The van der Waals surface area contributed by atoms with E-state index in [1.54, 1.807) is 7.11 Å². The van der Waals surface area contributed by atoms with Gasteiger partial charge in [-0.25, -0.2) is 4.98 Å². The van der Waals surface area contributed by atoms with Crippen LogP contribution in [0.3, 0.4) is 0 Å². The maximum atomic E-state index is 5.43. The van der Waals surface area contributed by atoms with Crippen LogP contribution in [0.5, 0.6) is 5.75 Å². The van der Waals surface area contributed by atoms with Crippen LogP contribution in [0.4, 0.5) is 5.82 Å². The maximum Gasteiger partial charge on any atom is 0.165 e. The molecule has 0 saturated heterocycles. The van der Waals surface area contributed by atoms with E-state index in [0.717, 1.165) is 55.0 Å². The van der Waals surface area contributed by atoms with Gasteiger partial charge in [0.1, 0.15) is 11.6 Å². The van der Waals surface area contributed by atoms with Crippen molar-refractivity contribution >= 4 is 11.5 Å². The minimum atomic E-state index is 0.877. The average Bonchev–Trinajstić information content (AvgIpc) is 3.40. The second-order valence-electron chi connectivity index (χ2n) is 9.03. The lowest BCUT2D eigenvalue weighted by Crippen LogP contribution is -2.33. The first-order valence-electron chi connectivity index (χ1n) is 11.5. The molecule has 4 aromatic rings. The van der Waals surface area contributed by atoms with Gasteiger partial charge in [0.05, 0.1) is 12.8 Å². The van der Waals surface area contributed by atoms with Gasteiger partial charge in [0.25, 0.3) is 0 Å². The van der Waals surface area contributed by atoms with E-state index in [1.165, 1.54) is 45.7 Å². The largest absolute Gasteiger partial charge is 0.497 e. The summed E-state index contributed by atoms with van der Waals surface area (Å²) >= 11 is 0. The SMILES string of the molecule is COc1ccc(-c2c(C)nn3c(N4CCc5ccccc5C4)c4c(nc23)CCC4)c(C)c1. The molecule has 0 N–H and O–H groups in total. The Morgan fingerprint density at radius 1 is 0.969 bits per heavy atom. The van der Waals surface area contributed by atoms with Gasteiger partial charge in [-0.2, -0.15) is 9.61 Å². The van der Waals surface area contributed by atoms with Crippen LogP contribution >= 0.6 is 0 Å². The molecule has 2 aromatic carbocycles. The fourth-order valence-corrected chi connectivity index (χ4v) is 5.47. The van der Waals surface area contributed by atoms with E-state index in [4.69, 9.17) is 14.8 Å². The van der Waals surface area contributed by atoms with Gasteiger partial charge in [-0.1, -0.05) is 30.3 Å². The van der Waals surface area contributed by atoms with E-state index in [-0.39, 0.29) is 0 Å². The molecule has 2 aliphatic rings. The Kier molecular flexibility index (Phi) is 4.46. The van der Waals surface area contributed by atoms with Crippen LogP contribution in [0.25, 0.3) is 16.8 Å². The lowest BCUT2D eigenvalue weighted by molar-refractivity contribution is 0.414. The quantitative estimate of drug-likeness (QED) is 0.460. The second-order valence-corrected chi connectivity index (χ2v) is 9.03. The Hall–Kier alpha value is -3.34. The van der Waals surface area contributed by atoms with E-state index in [1.807, 2.05) is 6.07 Å². The molecule has 0 atom stereocenters. The van der Waals surface area contributed by atoms with E-state index in [9.17, 15) is 0 Å². The summed E-state index contributed by atoms with van der Waals surface area (Å²) in [5, 5.41) is 5.06. The molecule has 3 heterocycles. The number of rotatable bonds is 3. The minimum absolute atomic E-state index is 0.877. The Morgan fingerprint density at radius 2 is 1.81 bits per heavy atom. The molecule has 5 heteroatoms. The van der Waals surface area contributed by atoms with Crippen molar-refractivity contribution in [1.82, 2.24) is 14.6 Å². The molecule has 0 spiro atoms. The highest BCUT2D eigenvalue weighted by Crippen LogP contribution is 2.38. The van der Waals surface area contributed by atoms with E-state index in [2.05, 4.69) is 59.7 Å². The first-order chi connectivity index (χ1) is 15.6. The smallest absolute Gasteiger partial charge is 0.165 e. The Morgan fingerprint density at radius 3 is 2.62 bits per heavy atom. The van der Waals surface area contributed by atoms with Crippen LogP contribution < -0.4 is 9.64 Å². The van der Waals surface area contributed by atoms with Crippen LogP contribution in [-0.2, 0) is 25.8 Å². The number of hydrogen-bond donors (Lipinski definition) is 0. The zero-order valence-corrected chi connectivity index (χ0v) is 19.0. The van der Waals surface area contributed by atoms with Crippen LogP contribution in [0.15, 0.2) is 42.5 Å². The number of ether oxygens (including phenoxy) is 1. The van der Waals surface area contributed by atoms with Gasteiger partial charge >= 0.3 is 0 Å². The normalized spacial score (nSPS) is 15.2. The van der Waals surface area contributed by atoms with Gasteiger partial charge in [0, 0.05) is 29.9 Å². The number of aryl methyl sites for hydroxylation is 3. The van der Waals surface area contributed by atoms with E-state index in [0.29, 0.717) is 0 Å². The number of aromatic nitrogens is 3. The predicted molar refractivity (Wildman–Crippen MR) is 128 cm³/mol.